The molecule has 5 aliphatic heterocycles. The Morgan fingerprint density at radius 2 is 0.767 bits per heavy atom. The van der Waals surface area contributed by atoms with Crippen molar-refractivity contribution in [3.05, 3.63) is 35.3 Å². The van der Waals surface area contributed by atoms with Gasteiger partial charge in [0.1, 0.15) is 62.6 Å². The molecule has 10 fully saturated rings. The van der Waals surface area contributed by atoms with Gasteiger partial charge in [0.25, 0.3) is 0 Å². The summed E-state index contributed by atoms with van der Waals surface area (Å²) in [4.78, 5) is 78.0. The number of rotatable bonds is 2. The van der Waals surface area contributed by atoms with Crippen LogP contribution in [0, 0.1) is 33.0 Å². The van der Waals surface area contributed by atoms with Gasteiger partial charge >= 0.3 is 49.0 Å². The van der Waals surface area contributed by atoms with Gasteiger partial charge in [-0.1, -0.05) is 6.92 Å². The number of amides is 5. The first-order valence-electron chi connectivity index (χ1n) is 34.5. The Labute approximate surface area is 593 Å². The second kappa shape index (κ2) is 28.0. The molecule has 5 saturated heterocycles. The number of anilines is 3. The van der Waals surface area contributed by atoms with Crippen molar-refractivity contribution in [2.45, 2.75) is 240 Å². The molecule has 5 aliphatic carbocycles. The third kappa shape index (κ3) is 20.9. The van der Waals surface area contributed by atoms with E-state index in [0.29, 0.717) is 89.0 Å². The predicted octanol–water partition coefficient (Wildman–Crippen LogP) is 12.7. The fraction of sp³-hybridized carbons (Fsp3) is 0.779. The number of H-pyrrole nitrogens is 1. The number of hydrogen-bond donors (Lipinski definition) is 5. The second-order valence-corrected chi connectivity index (χ2v) is 35.3. The highest BCUT2D eigenvalue weighted by Crippen LogP contribution is 2.57. The molecule has 8 N–H and O–H groups in total. The summed E-state index contributed by atoms with van der Waals surface area (Å²) in [5.74, 6) is 0.898. The molecule has 5 amide bonds. The summed E-state index contributed by atoms with van der Waals surface area (Å²) >= 11 is 0. The molecule has 0 radical (unpaired) electrons. The van der Waals surface area contributed by atoms with Crippen LogP contribution in [0.1, 0.15) is 204 Å². The second-order valence-electron chi connectivity index (χ2n) is 35.3. The molecule has 3 aromatic heterocycles. The summed E-state index contributed by atoms with van der Waals surface area (Å²) in [7, 11) is 0. The number of aromatic nitrogens is 6. The largest absolute Gasteiger partial charge is 0.444 e. The van der Waals surface area contributed by atoms with Gasteiger partial charge in [-0.3, -0.25) is 14.6 Å². The van der Waals surface area contributed by atoms with Gasteiger partial charge in [0.15, 0.2) is 5.69 Å². The monoisotopic (exact) mass is 1480 g/mol. The summed E-state index contributed by atoms with van der Waals surface area (Å²) in [5.41, 5.74) is 11.6. The number of aromatic amines is 1. The number of nitrogens with two attached hydrogens (primary N) is 3. The Bertz CT molecular complexity index is 3460. The van der Waals surface area contributed by atoms with Gasteiger partial charge in [-0.05, 0) is 161 Å². The minimum absolute atomic E-state index is 0.0190. The van der Waals surface area contributed by atoms with Crippen LogP contribution in [0.2, 0.25) is 0 Å². The van der Waals surface area contributed by atoms with Gasteiger partial charge in [-0.2, -0.15) is 54.8 Å². The van der Waals surface area contributed by atoms with Gasteiger partial charge < -0.3 is 70.5 Å². The number of alkyl halides is 9. The summed E-state index contributed by atoms with van der Waals surface area (Å²) in [6.45, 7) is 36.8. The number of nitrogens with one attached hydrogen (secondary N) is 1. The molecular weight excluding hydrogens is 1380 g/mol. The molecule has 35 heteroatoms. The van der Waals surface area contributed by atoms with Crippen molar-refractivity contribution < 1.29 is 97.1 Å². The first-order valence-corrected chi connectivity index (χ1v) is 34.5. The van der Waals surface area contributed by atoms with E-state index in [9.17, 15) is 73.4 Å². The average Bonchev–Trinajstić information content (AvgIpc) is 1.70. The number of Topliss-reactive ketones (excluding diaryl/α,β-unsaturated/α-hetero) is 1. The number of aliphatic hydroxyl groups excluding tert-OH is 1. The highest BCUT2D eigenvalue weighted by molar-refractivity contribution is 5.87. The van der Waals surface area contributed by atoms with Crippen LogP contribution in [0.25, 0.3) is 0 Å². The summed E-state index contributed by atoms with van der Waals surface area (Å²) in [5, 5.41) is 21.5. The van der Waals surface area contributed by atoms with E-state index < -0.39 is 58.0 Å². The van der Waals surface area contributed by atoms with Gasteiger partial charge in [0.05, 0.1) is 18.2 Å². The van der Waals surface area contributed by atoms with Crippen molar-refractivity contribution in [3.63, 3.8) is 0 Å². The highest BCUT2D eigenvalue weighted by Gasteiger charge is 2.60. The lowest BCUT2D eigenvalue weighted by molar-refractivity contribution is -0.150. The minimum Gasteiger partial charge on any atom is -0.444 e. The van der Waals surface area contributed by atoms with E-state index in [4.69, 9.17) is 40.9 Å². The third-order valence-electron chi connectivity index (χ3n) is 18.9. The Morgan fingerprint density at radius 3 is 1.02 bits per heavy atom. The van der Waals surface area contributed by atoms with E-state index in [2.05, 4.69) is 22.2 Å². The molecule has 26 nitrogen and oxygen atoms in total. The van der Waals surface area contributed by atoms with Gasteiger partial charge in [-0.25, -0.2) is 28.7 Å². The summed E-state index contributed by atoms with van der Waals surface area (Å²) < 4.78 is 141. The molecular formula is C68H103F9N14O12. The van der Waals surface area contributed by atoms with E-state index in [1.165, 1.54) is 17.5 Å². The first kappa shape index (κ1) is 81.1. The minimum atomic E-state index is -4.50. The van der Waals surface area contributed by atoms with Crippen LogP contribution in [0.4, 0.5) is 80.9 Å². The average molecular weight is 1480 g/mol. The van der Waals surface area contributed by atoms with Crippen LogP contribution in [0.5, 0.6) is 0 Å². The first-order chi connectivity index (χ1) is 46.7. The number of carbonyl (C=O) groups excluding carboxylic acids is 6. The SMILES string of the molecule is CC(C)(C)OC(=O)N1CC2(CC(=O)C2)C1.CC(C)(C)OC(=O)N1CC2(CC(O)C2)C1.CC(C)(C)OC(=O)N1CC2(CC(n3nc(C(F)(F)F)cc3N)C2)C1.CC(C)(C)OC(=O)N1CC2(CC(n3nc(N)cc3C(F)(F)F)C2)C1.CC1CC2(C1)CN(C(=O)OC(C)(C)C)C2.Nc1cc(C(F)(F)F)[nH]n1. The number of aliphatic hydroxyl groups is 1. The zero-order chi connectivity index (χ0) is 77.4. The summed E-state index contributed by atoms with van der Waals surface area (Å²) in [6, 6.07) is 1.97. The van der Waals surface area contributed by atoms with E-state index in [-0.39, 0.29) is 93.4 Å². The lowest BCUT2D eigenvalue weighted by Crippen LogP contribution is -2.65. The topological polar surface area (TPSA) is 327 Å². The van der Waals surface area contributed by atoms with Crippen LogP contribution >= 0.6 is 0 Å². The highest BCUT2D eigenvalue weighted by atomic mass is 19.4. The van der Waals surface area contributed by atoms with Gasteiger partial charge in [-0.15, -0.1) is 0 Å². The molecule has 0 unspecified atom stereocenters. The van der Waals surface area contributed by atoms with E-state index >= 15 is 0 Å². The standard InChI is InChI=1S/2C15H21F3N4O2.C12H21NO2.C11H19NO3.C11H17NO3.C4H4F3N3/c1-13(2,3)24-12(23)21-7-14(8-21)5-9(6-14)22-10(15(16,17)18)4-11(19)20-22;1-13(2,3)24-12(23)21-7-14(8-21)5-9(6-14)22-11(19)4-10(20-22)15(16,17)18;1-9-5-12(6-9)7-13(8-12)10(14)15-11(2,3)4;2*1-10(2,3)15-9(14)12-6-11(7-12)4-8(13)5-11;5-4(6,7)2-1-3(8)10-9-2/h4,9H,5-8H2,1-3H3,(H2,19,20);4,9H,5-8,19H2,1-3H3;9H,5-8H2,1-4H3;8,13H,4-7H2,1-3H3;4-7H2,1-3H3;1H,(H3,8,9,10). The number of nitrogens with zero attached hydrogens (tertiary/aromatic N) is 10. The number of hydrogen-bond acceptors (Lipinski definition) is 18. The van der Waals surface area contributed by atoms with Crippen molar-refractivity contribution in [1.29, 1.82) is 0 Å². The molecule has 0 bridgehead atoms. The normalized spacial score (nSPS) is 21.9. The number of ether oxygens (including phenoxy) is 5. The number of ketones is 1. The quantitative estimate of drug-likeness (QED) is 0.118. The molecule has 3 aromatic rings. The van der Waals surface area contributed by atoms with E-state index in [1.807, 2.05) is 67.2 Å². The Hall–Kier alpha value is -7.62. The molecule has 103 heavy (non-hydrogen) atoms. The van der Waals surface area contributed by atoms with E-state index in [0.717, 1.165) is 67.8 Å². The number of halogens is 9. The number of likely N-dealkylation sites (tertiary alicyclic amines) is 5. The van der Waals surface area contributed by atoms with Crippen LogP contribution < -0.4 is 17.2 Å². The zero-order valence-corrected chi connectivity index (χ0v) is 61.7. The molecule has 5 saturated carbocycles. The van der Waals surface area contributed by atoms with Crippen molar-refractivity contribution in [2.24, 2.45) is 33.0 Å². The van der Waals surface area contributed by atoms with E-state index in [1.54, 1.807) is 66.2 Å². The third-order valence-corrected chi connectivity index (χ3v) is 18.9. The molecule has 0 atom stereocenters. The maximum atomic E-state index is 13.0. The number of nitrogen functional groups attached to an aromatic ring is 3. The predicted molar refractivity (Wildman–Crippen MR) is 357 cm³/mol. The summed E-state index contributed by atoms with van der Waals surface area (Å²) in [6.07, 6.45) is -6.90. The van der Waals surface area contributed by atoms with Crippen LogP contribution in [0.15, 0.2) is 18.2 Å². The smallest absolute Gasteiger partial charge is 0.435 e. The zero-order valence-electron chi connectivity index (χ0n) is 61.7. The number of carbonyl (C=O) groups is 6. The fourth-order valence-electron chi connectivity index (χ4n) is 14.9. The Kier molecular flexibility index (Phi) is 22.1. The molecule has 10 aliphatic rings. The maximum absolute atomic E-state index is 13.0. The molecule has 8 heterocycles. The Balaban J connectivity index is 0.000000160. The van der Waals surface area contributed by atoms with Crippen molar-refractivity contribution in [1.82, 2.24) is 54.3 Å². The Morgan fingerprint density at radius 1 is 0.447 bits per heavy atom. The van der Waals surface area contributed by atoms with Gasteiger partial charge in [0.2, 0.25) is 0 Å². The molecule has 5 spiro atoms. The maximum Gasteiger partial charge on any atom is 0.435 e. The molecule has 0 aromatic carbocycles. The molecule has 13 rings (SSSR count). The van der Waals surface area contributed by atoms with Gasteiger partial charge in [0, 0.05) is 124 Å². The lowest BCUT2D eigenvalue weighted by atomic mass is 9.58. The van der Waals surface area contributed by atoms with Crippen molar-refractivity contribution in [3.8, 4) is 0 Å². The molecule has 580 valence electrons. The van der Waals surface area contributed by atoms with Crippen molar-refractivity contribution >= 4 is 53.7 Å². The van der Waals surface area contributed by atoms with Crippen LogP contribution in [-0.2, 0) is 47.0 Å². The lowest BCUT2D eigenvalue weighted by Gasteiger charge is -2.58. The fourth-order valence-corrected chi connectivity index (χ4v) is 14.9. The van der Waals surface area contributed by atoms with Crippen molar-refractivity contribution in [2.75, 3.05) is 82.6 Å². The van der Waals surface area contributed by atoms with Crippen LogP contribution in [-0.4, -0.2) is 195 Å². The van der Waals surface area contributed by atoms with Crippen LogP contribution in [0.3, 0.4) is 0 Å².